The van der Waals surface area contributed by atoms with Crippen molar-refractivity contribution in [1.82, 2.24) is 4.98 Å². The zero-order valence-corrected chi connectivity index (χ0v) is 9.60. The van der Waals surface area contributed by atoms with Gasteiger partial charge in [0.25, 0.3) is 0 Å². The lowest BCUT2D eigenvalue weighted by atomic mass is 10.0. The second-order valence-electron chi connectivity index (χ2n) is 4.01. The summed E-state index contributed by atoms with van der Waals surface area (Å²) in [4.78, 5) is 3.20. The highest BCUT2D eigenvalue weighted by Gasteiger charge is 2.01. The number of rotatable bonds is 2. The maximum atomic E-state index is 5.24. The summed E-state index contributed by atoms with van der Waals surface area (Å²) in [6.45, 7) is 0. The number of methoxy groups -OCH3 is 1. The van der Waals surface area contributed by atoms with E-state index in [-0.39, 0.29) is 0 Å². The maximum absolute atomic E-state index is 5.24. The largest absolute Gasteiger partial charge is 0.497 e. The van der Waals surface area contributed by atoms with Crippen molar-refractivity contribution in [2.45, 2.75) is 0 Å². The van der Waals surface area contributed by atoms with Crippen molar-refractivity contribution in [2.75, 3.05) is 7.11 Å². The molecule has 2 aromatic carbocycles. The number of aromatic amines is 1. The van der Waals surface area contributed by atoms with Crippen LogP contribution in [-0.2, 0) is 0 Å². The van der Waals surface area contributed by atoms with Crippen molar-refractivity contribution in [1.29, 1.82) is 0 Å². The molecule has 84 valence electrons. The van der Waals surface area contributed by atoms with Gasteiger partial charge in [-0.05, 0) is 46.8 Å². The molecule has 0 aliphatic carbocycles. The van der Waals surface area contributed by atoms with Gasteiger partial charge in [0.1, 0.15) is 5.75 Å². The Kier molecular flexibility index (Phi) is 2.33. The molecule has 2 nitrogen and oxygen atoms in total. The van der Waals surface area contributed by atoms with E-state index in [1.165, 1.54) is 16.5 Å². The van der Waals surface area contributed by atoms with Crippen molar-refractivity contribution in [3.63, 3.8) is 0 Å². The lowest BCUT2D eigenvalue weighted by Crippen LogP contribution is -1.83. The van der Waals surface area contributed by atoms with Gasteiger partial charge in [-0.15, -0.1) is 0 Å². The van der Waals surface area contributed by atoms with Crippen molar-refractivity contribution in [3.05, 3.63) is 54.7 Å². The molecule has 0 saturated carbocycles. The Labute approximate surface area is 99.9 Å². The van der Waals surface area contributed by atoms with Crippen LogP contribution < -0.4 is 4.74 Å². The first-order valence-corrected chi connectivity index (χ1v) is 5.58. The van der Waals surface area contributed by atoms with E-state index < -0.39 is 0 Å². The van der Waals surface area contributed by atoms with Crippen molar-refractivity contribution < 1.29 is 4.74 Å². The fourth-order valence-electron chi connectivity index (χ4n) is 2.04. The highest BCUT2D eigenvalue weighted by Crippen LogP contribution is 2.26. The van der Waals surface area contributed by atoms with Crippen molar-refractivity contribution in [3.8, 4) is 16.9 Å². The number of H-pyrrole nitrogens is 1. The average Bonchev–Trinajstić information content (AvgIpc) is 2.86. The Morgan fingerprint density at radius 2 is 1.82 bits per heavy atom. The van der Waals surface area contributed by atoms with Gasteiger partial charge in [-0.2, -0.15) is 0 Å². The minimum absolute atomic E-state index is 0.886. The number of nitrogens with one attached hydrogen (secondary N) is 1. The number of aromatic nitrogens is 1. The van der Waals surface area contributed by atoms with Gasteiger partial charge in [0.05, 0.1) is 7.11 Å². The smallest absolute Gasteiger partial charge is 0.119 e. The van der Waals surface area contributed by atoms with E-state index >= 15 is 0 Å². The lowest BCUT2D eigenvalue weighted by molar-refractivity contribution is 0.415. The molecule has 17 heavy (non-hydrogen) atoms. The van der Waals surface area contributed by atoms with Gasteiger partial charge in [0.2, 0.25) is 0 Å². The monoisotopic (exact) mass is 223 g/mol. The summed E-state index contributed by atoms with van der Waals surface area (Å²) < 4.78 is 5.24. The van der Waals surface area contributed by atoms with Crippen LogP contribution in [-0.4, -0.2) is 12.1 Å². The van der Waals surface area contributed by atoms with Crippen LogP contribution in [0.3, 0.4) is 0 Å². The fraction of sp³-hybridized carbons (Fsp3) is 0.0667. The van der Waals surface area contributed by atoms with Gasteiger partial charge in [0, 0.05) is 11.7 Å². The quantitative estimate of drug-likeness (QED) is 0.701. The minimum atomic E-state index is 0.886. The standard InChI is InChI=1S/C15H13NO/c1-17-14-4-2-3-11(10-14)12-5-6-15-13(9-12)7-8-16-15/h2-10,16H,1H3. The Hall–Kier alpha value is -2.22. The number of ether oxygens (including phenoxy) is 1. The molecule has 0 aliphatic heterocycles. The van der Waals surface area contributed by atoms with E-state index in [1.807, 2.05) is 24.4 Å². The number of hydrogen-bond donors (Lipinski definition) is 1. The van der Waals surface area contributed by atoms with Crippen molar-refractivity contribution >= 4 is 10.9 Å². The fourth-order valence-corrected chi connectivity index (χ4v) is 2.04. The number of hydrogen-bond acceptors (Lipinski definition) is 1. The van der Waals surface area contributed by atoms with Crippen LogP contribution in [0.25, 0.3) is 22.0 Å². The number of fused-ring (bicyclic) bond motifs is 1. The summed E-state index contributed by atoms with van der Waals surface area (Å²) in [5, 5.41) is 1.23. The highest BCUT2D eigenvalue weighted by atomic mass is 16.5. The Morgan fingerprint density at radius 3 is 2.71 bits per heavy atom. The zero-order chi connectivity index (χ0) is 11.7. The van der Waals surface area contributed by atoms with Crippen LogP contribution in [0.5, 0.6) is 5.75 Å². The third kappa shape index (κ3) is 1.78. The number of benzene rings is 2. The molecule has 3 rings (SSSR count). The normalized spacial score (nSPS) is 10.6. The van der Waals surface area contributed by atoms with Gasteiger partial charge in [0.15, 0.2) is 0 Å². The molecule has 0 amide bonds. The van der Waals surface area contributed by atoms with E-state index in [1.54, 1.807) is 7.11 Å². The molecule has 0 radical (unpaired) electrons. The molecule has 2 heteroatoms. The molecule has 1 N–H and O–H groups in total. The molecule has 0 spiro atoms. The predicted octanol–water partition coefficient (Wildman–Crippen LogP) is 3.84. The molecule has 0 saturated heterocycles. The van der Waals surface area contributed by atoms with Gasteiger partial charge in [-0.3, -0.25) is 0 Å². The van der Waals surface area contributed by atoms with E-state index in [4.69, 9.17) is 4.74 Å². The Morgan fingerprint density at radius 1 is 0.941 bits per heavy atom. The minimum Gasteiger partial charge on any atom is -0.497 e. The maximum Gasteiger partial charge on any atom is 0.119 e. The first kappa shape index (κ1) is 9.97. The molecule has 0 unspecified atom stereocenters. The van der Waals surface area contributed by atoms with E-state index in [0.29, 0.717) is 0 Å². The highest BCUT2D eigenvalue weighted by molar-refractivity contribution is 5.85. The van der Waals surface area contributed by atoms with Gasteiger partial charge < -0.3 is 9.72 Å². The van der Waals surface area contributed by atoms with Crippen LogP contribution in [0.2, 0.25) is 0 Å². The summed E-state index contributed by atoms with van der Waals surface area (Å²) in [7, 11) is 1.69. The molecule has 0 atom stereocenters. The SMILES string of the molecule is COc1cccc(-c2ccc3[nH]ccc3c2)c1. The van der Waals surface area contributed by atoms with Gasteiger partial charge in [-0.25, -0.2) is 0 Å². The van der Waals surface area contributed by atoms with Gasteiger partial charge in [-0.1, -0.05) is 18.2 Å². The van der Waals surface area contributed by atoms with Crippen LogP contribution >= 0.6 is 0 Å². The summed E-state index contributed by atoms with van der Waals surface area (Å²) in [6, 6.07) is 16.6. The van der Waals surface area contributed by atoms with Crippen LogP contribution in [0.1, 0.15) is 0 Å². The summed E-state index contributed by atoms with van der Waals surface area (Å²) in [5.41, 5.74) is 3.54. The summed E-state index contributed by atoms with van der Waals surface area (Å²) >= 11 is 0. The molecular weight excluding hydrogens is 210 g/mol. The first-order chi connectivity index (χ1) is 8.36. The van der Waals surface area contributed by atoms with Gasteiger partial charge >= 0.3 is 0 Å². The molecule has 1 heterocycles. The van der Waals surface area contributed by atoms with E-state index in [9.17, 15) is 0 Å². The third-order valence-electron chi connectivity index (χ3n) is 2.96. The van der Waals surface area contributed by atoms with Crippen LogP contribution in [0.4, 0.5) is 0 Å². The summed E-state index contributed by atoms with van der Waals surface area (Å²) in [6.07, 6.45) is 1.96. The van der Waals surface area contributed by atoms with E-state index in [2.05, 4.69) is 35.3 Å². The van der Waals surface area contributed by atoms with E-state index in [0.717, 1.165) is 11.3 Å². The average molecular weight is 223 g/mol. The molecule has 0 aliphatic rings. The molecule has 0 fully saturated rings. The van der Waals surface area contributed by atoms with Crippen molar-refractivity contribution in [2.24, 2.45) is 0 Å². The predicted molar refractivity (Wildman–Crippen MR) is 70.3 cm³/mol. The summed E-state index contributed by atoms with van der Waals surface area (Å²) in [5.74, 6) is 0.886. The first-order valence-electron chi connectivity index (χ1n) is 5.58. The zero-order valence-electron chi connectivity index (χ0n) is 9.60. The molecule has 0 bridgehead atoms. The Balaban J connectivity index is 2.12. The second kappa shape index (κ2) is 3.98. The Bertz CT molecular complexity index is 655. The molecular formula is C15H13NO. The topological polar surface area (TPSA) is 25.0 Å². The van der Waals surface area contributed by atoms with Crippen LogP contribution in [0, 0.1) is 0 Å². The molecule has 3 aromatic rings. The third-order valence-corrected chi connectivity index (χ3v) is 2.96. The lowest BCUT2D eigenvalue weighted by Gasteiger charge is -2.05. The second-order valence-corrected chi connectivity index (χ2v) is 4.01. The van der Waals surface area contributed by atoms with Crippen LogP contribution in [0.15, 0.2) is 54.7 Å². The molecule has 1 aromatic heterocycles.